The lowest BCUT2D eigenvalue weighted by molar-refractivity contribution is 0.0993. The van der Waals surface area contributed by atoms with E-state index in [1.165, 1.54) is 24.3 Å². The van der Waals surface area contributed by atoms with Crippen molar-refractivity contribution in [3.05, 3.63) is 58.1 Å². The number of sulfonamides is 1. The van der Waals surface area contributed by atoms with Crippen LogP contribution in [0.5, 0.6) is 0 Å². The van der Waals surface area contributed by atoms with Crippen LogP contribution in [0.25, 0.3) is 11.1 Å². The zero-order chi connectivity index (χ0) is 21.2. The van der Waals surface area contributed by atoms with E-state index in [0.717, 1.165) is 19.3 Å². The van der Waals surface area contributed by atoms with Crippen molar-refractivity contribution in [1.29, 1.82) is 0 Å². The van der Waals surface area contributed by atoms with E-state index in [0.29, 0.717) is 29.5 Å². The number of hydrogen-bond donors (Lipinski definition) is 1. The van der Waals surface area contributed by atoms with E-state index in [1.807, 2.05) is 0 Å². The second-order valence-corrected chi connectivity index (χ2v) is 9.84. The number of benzene rings is 2. The molecule has 0 aromatic heterocycles. The first kappa shape index (κ1) is 21.9. The van der Waals surface area contributed by atoms with Gasteiger partial charge in [0.15, 0.2) is 11.6 Å². The maximum Gasteiger partial charge on any atom is 0.214 e. The summed E-state index contributed by atoms with van der Waals surface area (Å²) in [4.78, 5) is 12.6. The normalized spacial score (nSPS) is 15.4. The second-order valence-electron chi connectivity index (χ2n) is 7.39. The van der Waals surface area contributed by atoms with Gasteiger partial charge in [0.1, 0.15) is 5.82 Å². The van der Waals surface area contributed by atoms with E-state index in [-0.39, 0.29) is 10.6 Å². The molecule has 0 unspecified atom stereocenters. The fourth-order valence-electron chi connectivity index (χ4n) is 3.62. The van der Waals surface area contributed by atoms with Gasteiger partial charge in [0.25, 0.3) is 0 Å². The maximum atomic E-state index is 14.5. The van der Waals surface area contributed by atoms with Crippen LogP contribution >= 0.6 is 11.6 Å². The first-order chi connectivity index (χ1) is 13.7. The molecule has 29 heavy (non-hydrogen) atoms. The molecule has 1 saturated carbocycles. The molecular weight excluding hydrogens is 420 g/mol. The molecule has 2 aromatic rings. The van der Waals surface area contributed by atoms with Crippen LogP contribution in [0.1, 0.15) is 48.0 Å². The third-order valence-electron chi connectivity index (χ3n) is 5.13. The predicted octanol–water partition coefficient (Wildman–Crippen LogP) is 5.03. The molecule has 4 nitrogen and oxygen atoms in total. The summed E-state index contributed by atoms with van der Waals surface area (Å²) in [6.07, 6.45) is 3.77. The summed E-state index contributed by atoms with van der Waals surface area (Å²) in [6.45, 7) is 1.15. The third kappa shape index (κ3) is 5.21. The second kappa shape index (κ2) is 8.90. The zero-order valence-corrected chi connectivity index (χ0v) is 17.5. The van der Waals surface area contributed by atoms with Crippen molar-refractivity contribution in [3.8, 4) is 11.1 Å². The number of rotatable bonds is 6. The summed E-state index contributed by atoms with van der Waals surface area (Å²) >= 11 is 5.94. The van der Waals surface area contributed by atoms with Crippen LogP contribution < -0.4 is 4.72 Å². The van der Waals surface area contributed by atoms with Gasteiger partial charge in [0, 0.05) is 0 Å². The van der Waals surface area contributed by atoms with E-state index in [2.05, 4.69) is 4.72 Å². The molecule has 0 atom stereocenters. The Morgan fingerprint density at radius 3 is 2.38 bits per heavy atom. The average molecular weight is 442 g/mol. The van der Waals surface area contributed by atoms with Crippen LogP contribution in [0.15, 0.2) is 30.3 Å². The smallest absolute Gasteiger partial charge is 0.214 e. The first-order valence-corrected chi connectivity index (χ1v) is 11.4. The van der Waals surface area contributed by atoms with Crippen molar-refractivity contribution in [2.45, 2.75) is 44.3 Å². The molecule has 0 heterocycles. The molecule has 1 fully saturated rings. The van der Waals surface area contributed by atoms with E-state index in [4.69, 9.17) is 11.6 Å². The highest BCUT2D eigenvalue weighted by atomic mass is 35.5. The van der Waals surface area contributed by atoms with Gasteiger partial charge in [-0.05, 0) is 60.7 Å². The average Bonchev–Trinajstić information content (AvgIpc) is 2.68. The van der Waals surface area contributed by atoms with Gasteiger partial charge in [-0.15, -0.1) is 0 Å². The molecular formula is C21H22ClF2NO3S. The topological polar surface area (TPSA) is 63.2 Å². The number of nitrogens with one attached hydrogen (secondary N) is 1. The Labute approximate surface area is 174 Å². The van der Waals surface area contributed by atoms with Crippen LogP contribution in [0.4, 0.5) is 8.78 Å². The highest BCUT2D eigenvalue weighted by Crippen LogP contribution is 2.29. The molecule has 0 spiro atoms. The minimum atomic E-state index is -3.66. The third-order valence-corrected chi connectivity index (χ3v) is 7.30. The van der Waals surface area contributed by atoms with Gasteiger partial charge in [-0.3, -0.25) is 4.79 Å². The van der Waals surface area contributed by atoms with E-state index < -0.39 is 39.2 Å². The largest absolute Gasteiger partial charge is 0.293 e. The number of carbonyl (C=O) groups excluding carboxylic acids is 1. The number of carbonyl (C=O) groups is 1. The number of Topliss-reactive ketones (excluding diaryl/α,β-unsaturated/α-hetero) is 1. The summed E-state index contributed by atoms with van der Waals surface area (Å²) in [5, 5.41) is -0.818. The lowest BCUT2D eigenvalue weighted by Crippen LogP contribution is -2.38. The van der Waals surface area contributed by atoms with Crippen molar-refractivity contribution in [1.82, 2.24) is 4.72 Å². The Hall–Kier alpha value is -1.83. The van der Waals surface area contributed by atoms with Crippen LogP contribution in [-0.4, -0.2) is 26.0 Å². The van der Waals surface area contributed by atoms with Crippen LogP contribution in [0.2, 0.25) is 5.02 Å². The molecule has 3 rings (SSSR count). The molecule has 8 heteroatoms. The van der Waals surface area contributed by atoms with Crippen molar-refractivity contribution in [2.75, 3.05) is 6.54 Å². The van der Waals surface area contributed by atoms with Crippen LogP contribution in [0.3, 0.4) is 0 Å². The van der Waals surface area contributed by atoms with Gasteiger partial charge >= 0.3 is 0 Å². The van der Waals surface area contributed by atoms with E-state index in [1.54, 1.807) is 13.0 Å². The molecule has 0 aliphatic heterocycles. The fourth-order valence-corrected chi connectivity index (χ4v) is 5.36. The monoisotopic (exact) mass is 441 g/mol. The quantitative estimate of drug-likeness (QED) is 0.639. The van der Waals surface area contributed by atoms with Gasteiger partial charge in [-0.1, -0.05) is 36.9 Å². The minimum absolute atomic E-state index is 0.289. The van der Waals surface area contributed by atoms with Gasteiger partial charge in [0.2, 0.25) is 10.0 Å². The fraction of sp³-hybridized carbons (Fsp3) is 0.381. The highest BCUT2D eigenvalue weighted by Gasteiger charge is 2.28. The standard InChI is InChI=1S/C21H22ClF2NO3S/c1-13-7-14(9-16(23)8-13)15-10-18(21(24)19(22)11-15)20(26)12-25-29(27,28)17-5-3-2-4-6-17/h7-11,17,25H,2-6,12H2,1H3. The van der Waals surface area contributed by atoms with Crippen molar-refractivity contribution >= 4 is 27.4 Å². The van der Waals surface area contributed by atoms with Crippen LogP contribution in [0, 0.1) is 18.6 Å². The zero-order valence-electron chi connectivity index (χ0n) is 16.0. The summed E-state index contributed by atoms with van der Waals surface area (Å²) < 4.78 is 55.3. The molecule has 156 valence electrons. The summed E-state index contributed by atoms with van der Waals surface area (Å²) in [6, 6.07) is 6.88. The van der Waals surface area contributed by atoms with Gasteiger partial charge in [0.05, 0.1) is 22.4 Å². The SMILES string of the molecule is Cc1cc(F)cc(-c2cc(Cl)c(F)c(C(=O)CNS(=O)(=O)C3CCCCC3)c2)c1. The Morgan fingerprint density at radius 2 is 1.72 bits per heavy atom. The van der Waals surface area contributed by atoms with Gasteiger partial charge < -0.3 is 0 Å². The minimum Gasteiger partial charge on any atom is -0.293 e. The summed E-state index contributed by atoms with van der Waals surface area (Å²) in [7, 11) is -3.66. The molecule has 1 aliphatic rings. The number of hydrogen-bond acceptors (Lipinski definition) is 3. The number of ketones is 1. The summed E-state index contributed by atoms with van der Waals surface area (Å²) in [5.74, 6) is -2.13. The molecule has 1 aliphatic carbocycles. The molecule has 2 aromatic carbocycles. The van der Waals surface area contributed by atoms with Crippen molar-refractivity contribution in [2.24, 2.45) is 0 Å². The molecule has 0 saturated heterocycles. The molecule has 0 amide bonds. The van der Waals surface area contributed by atoms with E-state index >= 15 is 0 Å². The number of aryl methyl sites for hydroxylation is 1. The highest BCUT2D eigenvalue weighted by molar-refractivity contribution is 7.90. The lowest BCUT2D eigenvalue weighted by Gasteiger charge is -2.21. The molecule has 0 bridgehead atoms. The van der Waals surface area contributed by atoms with Gasteiger partial charge in [-0.25, -0.2) is 21.9 Å². The Kier molecular flexibility index (Phi) is 6.71. The first-order valence-electron chi connectivity index (χ1n) is 9.45. The lowest BCUT2D eigenvalue weighted by atomic mass is 9.99. The maximum absolute atomic E-state index is 14.5. The van der Waals surface area contributed by atoms with Crippen molar-refractivity contribution in [3.63, 3.8) is 0 Å². The Balaban J connectivity index is 1.84. The molecule has 0 radical (unpaired) electrons. The Morgan fingerprint density at radius 1 is 1.07 bits per heavy atom. The molecule has 1 N–H and O–H groups in total. The number of halogens is 3. The Bertz CT molecular complexity index is 1010. The predicted molar refractivity (Wildman–Crippen MR) is 110 cm³/mol. The van der Waals surface area contributed by atoms with Gasteiger partial charge in [-0.2, -0.15) is 0 Å². The van der Waals surface area contributed by atoms with Crippen LogP contribution in [-0.2, 0) is 10.0 Å². The van der Waals surface area contributed by atoms with Crippen molar-refractivity contribution < 1.29 is 22.0 Å². The van der Waals surface area contributed by atoms with E-state index in [9.17, 15) is 22.0 Å². The summed E-state index contributed by atoms with van der Waals surface area (Å²) in [5.41, 5.74) is 1.15.